The molecule has 0 aromatic carbocycles. The Morgan fingerprint density at radius 2 is 2.22 bits per heavy atom. The number of carbonyl (C=O) groups excluding carboxylic acids is 2. The Kier molecular flexibility index (Phi) is 5.79. The summed E-state index contributed by atoms with van der Waals surface area (Å²) in [6.07, 6.45) is 3.12. The molecule has 0 bridgehead atoms. The zero-order valence-corrected chi connectivity index (χ0v) is 10.2. The van der Waals surface area contributed by atoms with Gasteiger partial charge in [0.05, 0.1) is 25.7 Å². The summed E-state index contributed by atoms with van der Waals surface area (Å²) in [6, 6.07) is 3.29. The number of esters is 1. The number of aliphatic hydroxyl groups excluding tert-OH is 1. The maximum absolute atomic E-state index is 12.1. The molecule has 0 fully saturated rings. The Labute approximate surface area is 105 Å². The van der Waals surface area contributed by atoms with Gasteiger partial charge in [-0.3, -0.25) is 14.6 Å². The van der Waals surface area contributed by atoms with Gasteiger partial charge in [-0.15, -0.1) is 0 Å². The Bertz CT molecular complexity index is 394. The zero-order valence-electron chi connectivity index (χ0n) is 10.2. The summed E-state index contributed by atoms with van der Waals surface area (Å²) in [5.41, 5.74) is 0.427. The molecule has 1 aromatic heterocycles. The van der Waals surface area contributed by atoms with Crippen molar-refractivity contribution in [3.63, 3.8) is 0 Å². The quantitative estimate of drug-likeness (QED) is 0.725. The number of ether oxygens (including phenoxy) is 1. The summed E-state index contributed by atoms with van der Waals surface area (Å²) >= 11 is 0. The molecule has 0 saturated carbocycles. The average molecular weight is 252 g/mol. The van der Waals surface area contributed by atoms with Crippen LogP contribution in [0.15, 0.2) is 24.5 Å². The first kappa shape index (κ1) is 14.1. The van der Waals surface area contributed by atoms with Gasteiger partial charge in [-0.25, -0.2) is 0 Å². The van der Waals surface area contributed by atoms with Crippen LogP contribution in [0.1, 0.15) is 16.8 Å². The SMILES string of the molecule is COC(=O)CCN(CCO)C(=O)c1cccnc1. The van der Waals surface area contributed by atoms with Gasteiger partial charge >= 0.3 is 5.97 Å². The van der Waals surface area contributed by atoms with Gasteiger partial charge in [0.2, 0.25) is 0 Å². The third-order valence-electron chi connectivity index (χ3n) is 2.38. The molecule has 0 spiro atoms. The molecule has 1 amide bonds. The van der Waals surface area contributed by atoms with Crippen molar-refractivity contribution < 1.29 is 19.4 Å². The van der Waals surface area contributed by atoms with Crippen molar-refractivity contribution in [3.05, 3.63) is 30.1 Å². The molecule has 0 aliphatic rings. The van der Waals surface area contributed by atoms with E-state index in [1.54, 1.807) is 18.3 Å². The fourth-order valence-corrected chi connectivity index (χ4v) is 1.44. The minimum absolute atomic E-state index is 0.0997. The molecule has 1 rings (SSSR count). The van der Waals surface area contributed by atoms with Crippen LogP contribution >= 0.6 is 0 Å². The van der Waals surface area contributed by atoms with E-state index in [1.807, 2.05) is 0 Å². The van der Waals surface area contributed by atoms with Crippen molar-refractivity contribution in [1.29, 1.82) is 0 Å². The van der Waals surface area contributed by atoms with Crippen LogP contribution < -0.4 is 0 Å². The van der Waals surface area contributed by atoms with Crippen LogP contribution in [0.25, 0.3) is 0 Å². The minimum Gasteiger partial charge on any atom is -0.469 e. The van der Waals surface area contributed by atoms with Crippen LogP contribution in [0.4, 0.5) is 0 Å². The summed E-state index contributed by atoms with van der Waals surface area (Å²) in [5, 5.41) is 8.93. The number of aliphatic hydroxyl groups is 1. The highest BCUT2D eigenvalue weighted by Gasteiger charge is 2.16. The molecule has 98 valence electrons. The number of aromatic nitrogens is 1. The molecule has 1 aromatic rings. The number of pyridine rings is 1. The zero-order chi connectivity index (χ0) is 13.4. The third-order valence-corrected chi connectivity index (χ3v) is 2.38. The molecule has 1 N–H and O–H groups in total. The number of methoxy groups -OCH3 is 1. The van der Waals surface area contributed by atoms with E-state index in [2.05, 4.69) is 9.72 Å². The second kappa shape index (κ2) is 7.39. The molecule has 0 radical (unpaired) electrons. The fourth-order valence-electron chi connectivity index (χ4n) is 1.44. The van der Waals surface area contributed by atoms with Crippen LogP contribution in [-0.4, -0.2) is 53.7 Å². The number of hydrogen-bond donors (Lipinski definition) is 1. The van der Waals surface area contributed by atoms with Crippen molar-refractivity contribution in [1.82, 2.24) is 9.88 Å². The smallest absolute Gasteiger partial charge is 0.307 e. The van der Waals surface area contributed by atoms with Gasteiger partial charge in [0.1, 0.15) is 0 Å². The van der Waals surface area contributed by atoms with E-state index in [0.29, 0.717) is 5.56 Å². The lowest BCUT2D eigenvalue weighted by Crippen LogP contribution is -2.35. The number of carbonyl (C=O) groups is 2. The van der Waals surface area contributed by atoms with Crippen LogP contribution in [0.3, 0.4) is 0 Å². The van der Waals surface area contributed by atoms with Crippen molar-refractivity contribution in [3.8, 4) is 0 Å². The maximum Gasteiger partial charge on any atom is 0.307 e. The standard InChI is InChI=1S/C12H16N2O4/c1-18-11(16)4-6-14(7-8-15)12(17)10-3-2-5-13-9-10/h2-3,5,9,15H,4,6-8H2,1H3. The first-order valence-corrected chi connectivity index (χ1v) is 5.56. The topological polar surface area (TPSA) is 79.7 Å². The van der Waals surface area contributed by atoms with Gasteiger partial charge in [-0.2, -0.15) is 0 Å². The Hall–Kier alpha value is -1.95. The number of amides is 1. The maximum atomic E-state index is 12.1. The van der Waals surface area contributed by atoms with E-state index in [0.717, 1.165) is 0 Å². The highest BCUT2D eigenvalue weighted by Crippen LogP contribution is 2.04. The predicted molar refractivity (Wildman–Crippen MR) is 63.9 cm³/mol. The summed E-state index contributed by atoms with van der Waals surface area (Å²) in [7, 11) is 1.29. The summed E-state index contributed by atoms with van der Waals surface area (Å²) in [6.45, 7) is 0.221. The molecule has 0 atom stereocenters. The van der Waals surface area contributed by atoms with Gasteiger partial charge in [-0.05, 0) is 12.1 Å². The lowest BCUT2D eigenvalue weighted by molar-refractivity contribution is -0.140. The molecular weight excluding hydrogens is 236 g/mol. The first-order valence-electron chi connectivity index (χ1n) is 5.56. The van der Waals surface area contributed by atoms with Crippen molar-refractivity contribution in [2.24, 2.45) is 0 Å². The molecular formula is C12H16N2O4. The highest BCUT2D eigenvalue weighted by molar-refractivity contribution is 5.94. The second-order valence-corrected chi connectivity index (χ2v) is 3.58. The molecule has 0 aliphatic carbocycles. The van der Waals surface area contributed by atoms with E-state index in [9.17, 15) is 9.59 Å². The predicted octanol–water partition coefficient (Wildman–Crippen LogP) is 0.0792. The summed E-state index contributed by atoms with van der Waals surface area (Å²) < 4.78 is 4.51. The van der Waals surface area contributed by atoms with Gasteiger partial charge in [0.25, 0.3) is 5.91 Å². The van der Waals surface area contributed by atoms with Gasteiger partial charge < -0.3 is 14.7 Å². The van der Waals surface area contributed by atoms with E-state index < -0.39 is 5.97 Å². The number of hydrogen-bond acceptors (Lipinski definition) is 5. The lowest BCUT2D eigenvalue weighted by Gasteiger charge is -2.21. The first-order chi connectivity index (χ1) is 8.69. The van der Waals surface area contributed by atoms with Gasteiger partial charge in [0.15, 0.2) is 0 Å². The highest BCUT2D eigenvalue weighted by atomic mass is 16.5. The minimum atomic E-state index is -0.392. The lowest BCUT2D eigenvalue weighted by atomic mass is 10.2. The molecule has 1 heterocycles. The van der Waals surface area contributed by atoms with E-state index in [1.165, 1.54) is 18.2 Å². The second-order valence-electron chi connectivity index (χ2n) is 3.58. The van der Waals surface area contributed by atoms with Crippen LogP contribution in [-0.2, 0) is 9.53 Å². The van der Waals surface area contributed by atoms with Gasteiger partial charge in [0, 0.05) is 25.5 Å². The monoisotopic (exact) mass is 252 g/mol. The normalized spacial score (nSPS) is 9.89. The number of nitrogens with zero attached hydrogens (tertiary/aromatic N) is 2. The molecule has 6 nitrogen and oxygen atoms in total. The summed E-state index contributed by atoms with van der Waals surface area (Å²) in [5.74, 6) is -0.655. The van der Waals surface area contributed by atoms with E-state index >= 15 is 0 Å². The summed E-state index contributed by atoms with van der Waals surface area (Å²) in [4.78, 5) is 28.4. The molecule has 6 heteroatoms. The Morgan fingerprint density at radius 1 is 1.44 bits per heavy atom. The van der Waals surface area contributed by atoms with Crippen LogP contribution in [0.5, 0.6) is 0 Å². The van der Waals surface area contributed by atoms with E-state index in [-0.39, 0.29) is 32.0 Å². The van der Waals surface area contributed by atoms with Crippen molar-refractivity contribution in [2.45, 2.75) is 6.42 Å². The Morgan fingerprint density at radius 3 is 2.78 bits per heavy atom. The van der Waals surface area contributed by atoms with Crippen LogP contribution in [0, 0.1) is 0 Å². The third kappa shape index (κ3) is 4.14. The van der Waals surface area contributed by atoms with Gasteiger partial charge in [-0.1, -0.05) is 0 Å². The molecule has 0 saturated heterocycles. The number of rotatable bonds is 6. The van der Waals surface area contributed by atoms with Crippen LogP contribution in [0.2, 0.25) is 0 Å². The Balaban J connectivity index is 2.66. The average Bonchev–Trinajstić information content (AvgIpc) is 2.43. The molecule has 18 heavy (non-hydrogen) atoms. The van der Waals surface area contributed by atoms with Crippen molar-refractivity contribution in [2.75, 3.05) is 26.8 Å². The van der Waals surface area contributed by atoms with E-state index in [4.69, 9.17) is 5.11 Å². The fraction of sp³-hybridized carbons (Fsp3) is 0.417. The molecule has 0 aliphatic heterocycles. The van der Waals surface area contributed by atoms with Crippen molar-refractivity contribution >= 4 is 11.9 Å². The molecule has 0 unspecified atom stereocenters. The largest absolute Gasteiger partial charge is 0.469 e.